The van der Waals surface area contributed by atoms with Crippen LogP contribution in [0.1, 0.15) is 155 Å². The van der Waals surface area contributed by atoms with E-state index in [1.807, 2.05) is 6.92 Å². The molecule has 0 aromatic carbocycles. The van der Waals surface area contributed by atoms with Gasteiger partial charge in [0.2, 0.25) is 29.5 Å². The van der Waals surface area contributed by atoms with E-state index in [4.69, 9.17) is 18.9 Å². The number of hydrogen-bond donors (Lipinski definition) is 9. The van der Waals surface area contributed by atoms with Crippen molar-refractivity contribution in [1.29, 1.82) is 0 Å². The molecule has 3 atom stereocenters. The molecule has 0 aromatic heterocycles. The normalized spacial score (nSPS) is 12.0. The van der Waals surface area contributed by atoms with Crippen LogP contribution in [0.3, 0.4) is 0 Å². The van der Waals surface area contributed by atoms with E-state index in [9.17, 15) is 58.5 Å². The number of amides is 5. The smallest absolute Gasteiger partial charge is 0.326 e. The summed E-state index contributed by atoms with van der Waals surface area (Å²) in [5.41, 5.74) is 0. The molecular formula is C48H88N6O16. The Labute approximate surface area is 414 Å². The Bertz CT molecular complexity index is 1420. The zero-order chi connectivity index (χ0) is 52.5. The minimum absolute atomic E-state index is 0.00156. The van der Waals surface area contributed by atoms with Crippen molar-refractivity contribution in [3.8, 4) is 0 Å². The Kier molecular flexibility index (Phi) is 47.3. The van der Waals surface area contributed by atoms with Gasteiger partial charge in [0.05, 0.1) is 39.6 Å². The van der Waals surface area contributed by atoms with Crippen LogP contribution >= 0.6 is 0 Å². The van der Waals surface area contributed by atoms with E-state index in [-0.39, 0.29) is 95.8 Å². The third-order valence-corrected chi connectivity index (χ3v) is 10.5. The minimum Gasteiger partial charge on any atom is -0.480 e. The van der Waals surface area contributed by atoms with E-state index in [2.05, 4.69) is 38.8 Å². The van der Waals surface area contributed by atoms with Crippen LogP contribution in [0, 0.1) is 0 Å². The summed E-state index contributed by atoms with van der Waals surface area (Å²) in [6.07, 6.45) is 17.9. The van der Waals surface area contributed by atoms with Crippen LogP contribution in [-0.4, -0.2) is 167 Å². The molecule has 0 heterocycles. The summed E-state index contributed by atoms with van der Waals surface area (Å²) in [4.78, 5) is 104. The number of nitrogens with one attached hydrogen (secondary N) is 6. The molecule has 9 N–H and O–H groups in total. The fourth-order valence-electron chi connectivity index (χ4n) is 6.43. The van der Waals surface area contributed by atoms with Crippen LogP contribution in [0.15, 0.2) is 0 Å². The van der Waals surface area contributed by atoms with Gasteiger partial charge in [-0.15, -0.1) is 0 Å². The molecule has 0 aliphatic heterocycles. The molecule has 0 radical (unpaired) electrons. The lowest BCUT2D eigenvalue weighted by Gasteiger charge is -2.17. The van der Waals surface area contributed by atoms with Gasteiger partial charge in [-0.2, -0.15) is 0 Å². The number of aldehydes is 1. The number of carbonyl (C=O) groups is 9. The van der Waals surface area contributed by atoms with E-state index in [1.165, 1.54) is 64.2 Å². The summed E-state index contributed by atoms with van der Waals surface area (Å²) in [5, 5.41) is 43.2. The fourth-order valence-corrected chi connectivity index (χ4v) is 6.43. The van der Waals surface area contributed by atoms with Crippen molar-refractivity contribution < 1.29 is 77.4 Å². The van der Waals surface area contributed by atoms with Crippen LogP contribution in [0.2, 0.25) is 0 Å². The van der Waals surface area contributed by atoms with Gasteiger partial charge in [0, 0.05) is 45.3 Å². The van der Waals surface area contributed by atoms with Gasteiger partial charge in [0.1, 0.15) is 37.6 Å². The van der Waals surface area contributed by atoms with Gasteiger partial charge in [0.25, 0.3) is 0 Å². The molecule has 0 rings (SSSR count). The quantitative estimate of drug-likeness (QED) is 0.0312. The van der Waals surface area contributed by atoms with Crippen molar-refractivity contribution in [2.75, 3.05) is 79.5 Å². The van der Waals surface area contributed by atoms with Gasteiger partial charge in [0.15, 0.2) is 0 Å². The number of aliphatic carboxylic acids is 3. The number of carboxylic acid groups (broad SMARTS) is 3. The highest BCUT2D eigenvalue weighted by atomic mass is 16.5. The summed E-state index contributed by atoms with van der Waals surface area (Å²) in [6.45, 7) is 7.16. The first kappa shape index (κ1) is 67.3. The molecule has 406 valence electrons. The predicted octanol–water partition coefficient (Wildman–Crippen LogP) is 3.02. The van der Waals surface area contributed by atoms with Crippen molar-refractivity contribution >= 4 is 53.7 Å². The monoisotopic (exact) mass is 1000 g/mol. The first-order valence-electron chi connectivity index (χ1n) is 25.2. The molecule has 70 heavy (non-hydrogen) atoms. The van der Waals surface area contributed by atoms with Crippen molar-refractivity contribution in [2.24, 2.45) is 0 Å². The molecule has 2 unspecified atom stereocenters. The topological polar surface area (TPSA) is 323 Å². The number of hydrogen-bond acceptors (Lipinski definition) is 14. The molecule has 0 spiro atoms. The summed E-state index contributed by atoms with van der Waals surface area (Å²) >= 11 is 0. The lowest BCUT2D eigenvalue weighted by Crippen LogP contribution is -2.45. The highest BCUT2D eigenvalue weighted by Gasteiger charge is 2.25. The summed E-state index contributed by atoms with van der Waals surface area (Å²) in [5.74, 6) is -6.03. The van der Waals surface area contributed by atoms with E-state index < -0.39 is 47.8 Å². The Morgan fingerprint density at radius 2 is 0.814 bits per heavy atom. The molecule has 0 aliphatic carbocycles. The van der Waals surface area contributed by atoms with Crippen molar-refractivity contribution in [3.63, 3.8) is 0 Å². The van der Waals surface area contributed by atoms with E-state index in [0.29, 0.717) is 45.6 Å². The molecule has 0 aliphatic rings. The SMILES string of the molecule is CCCCCCCCCCCCCCCC(=O)NC(CCC(=O)NCCOCCOCC=O)C(=O)O.CCCCNC(=O)CCC(NC(=O)CC[C@H](NC(=O)COCCOCCNC)C(=O)O)C(=O)O. The highest BCUT2D eigenvalue weighted by molar-refractivity contribution is 5.87. The van der Waals surface area contributed by atoms with E-state index >= 15 is 0 Å². The maximum atomic E-state index is 12.1. The largest absolute Gasteiger partial charge is 0.480 e. The molecule has 0 fully saturated rings. The number of carboxylic acids is 3. The van der Waals surface area contributed by atoms with Gasteiger partial charge < -0.3 is 71.0 Å². The van der Waals surface area contributed by atoms with Crippen LogP contribution in [0.4, 0.5) is 0 Å². The summed E-state index contributed by atoms with van der Waals surface area (Å²) in [6, 6.07) is -3.70. The lowest BCUT2D eigenvalue weighted by molar-refractivity contribution is -0.144. The maximum Gasteiger partial charge on any atom is 0.326 e. The van der Waals surface area contributed by atoms with Gasteiger partial charge in [-0.3, -0.25) is 24.0 Å². The number of likely N-dealkylation sites (N-methyl/N-ethyl adjacent to an activating group) is 1. The molecular weight excluding hydrogens is 917 g/mol. The molecule has 0 saturated carbocycles. The first-order valence-corrected chi connectivity index (χ1v) is 25.2. The third kappa shape index (κ3) is 45.7. The van der Waals surface area contributed by atoms with Gasteiger partial charge in [-0.25, -0.2) is 14.4 Å². The highest BCUT2D eigenvalue weighted by Crippen LogP contribution is 2.13. The summed E-state index contributed by atoms with van der Waals surface area (Å²) in [7, 11) is 1.79. The zero-order valence-corrected chi connectivity index (χ0v) is 42.3. The second-order valence-electron chi connectivity index (χ2n) is 16.7. The average molecular weight is 1010 g/mol. The Hall–Kier alpha value is -4.77. The predicted molar refractivity (Wildman–Crippen MR) is 261 cm³/mol. The Morgan fingerprint density at radius 1 is 0.429 bits per heavy atom. The van der Waals surface area contributed by atoms with Crippen LogP contribution in [-0.2, 0) is 62.1 Å². The van der Waals surface area contributed by atoms with Crippen molar-refractivity contribution in [3.05, 3.63) is 0 Å². The average Bonchev–Trinajstić information content (AvgIpc) is 3.32. The number of carbonyl (C=O) groups excluding carboxylic acids is 6. The molecule has 0 saturated heterocycles. The second-order valence-corrected chi connectivity index (χ2v) is 16.7. The zero-order valence-electron chi connectivity index (χ0n) is 42.3. The Balaban J connectivity index is 0. The van der Waals surface area contributed by atoms with Crippen molar-refractivity contribution in [2.45, 2.75) is 173 Å². The van der Waals surface area contributed by atoms with Crippen molar-refractivity contribution in [1.82, 2.24) is 31.9 Å². The first-order chi connectivity index (χ1) is 33.7. The number of ether oxygens (including phenoxy) is 4. The third-order valence-electron chi connectivity index (χ3n) is 10.5. The van der Waals surface area contributed by atoms with E-state index in [0.717, 1.165) is 32.1 Å². The van der Waals surface area contributed by atoms with Gasteiger partial charge in [-0.1, -0.05) is 97.3 Å². The number of unbranched alkanes of at least 4 members (excludes halogenated alkanes) is 13. The van der Waals surface area contributed by atoms with Crippen LogP contribution in [0.5, 0.6) is 0 Å². The maximum absolute atomic E-state index is 12.1. The van der Waals surface area contributed by atoms with Gasteiger partial charge >= 0.3 is 17.9 Å². The molecule has 22 nitrogen and oxygen atoms in total. The van der Waals surface area contributed by atoms with E-state index in [1.54, 1.807) is 7.05 Å². The van der Waals surface area contributed by atoms with Crippen LogP contribution in [0.25, 0.3) is 0 Å². The molecule has 0 bridgehead atoms. The number of rotatable bonds is 48. The minimum atomic E-state index is -1.35. The van der Waals surface area contributed by atoms with Gasteiger partial charge in [-0.05, 0) is 39.2 Å². The summed E-state index contributed by atoms with van der Waals surface area (Å²) < 4.78 is 20.5. The molecule has 22 heteroatoms. The van der Waals surface area contributed by atoms with Crippen LogP contribution < -0.4 is 31.9 Å². The Morgan fingerprint density at radius 3 is 1.27 bits per heavy atom. The standard InChI is InChI=1S/C27H50N2O7.C21H38N4O9/c1-2-3-4-5-6-7-8-9-10-11-12-13-14-15-26(32)29-24(27(33)34)16-17-25(31)28-18-20-35-22-23-36-21-19-30;1-3-4-9-23-17(26)7-5-15(20(29)30)24-18(27)8-6-16(21(31)32)25-19(28)14-34-13-12-33-11-10-22-2/h19,24H,2-18,20-23H2,1H3,(H,28,31)(H,29,32)(H,33,34);15-16,22H,3-14H2,1-2H3,(H,23,26)(H,24,27)(H,25,28)(H,29,30)(H,31,32)/t;15?,16-/m.0/s1. The lowest BCUT2D eigenvalue weighted by atomic mass is 10.0. The molecule has 5 amide bonds. The second kappa shape index (κ2) is 49.2. The molecule has 0 aromatic rings. The fraction of sp³-hybridized carbons (Fsp3) is 0.812.